The van der Waals surface area contributed by atoms with Gasteiger partial charge in [-0.15, -0.1) is 0 Å². The molecule has 4 rings (SSSR count). The van der Waals surface area contributed by atoms with Gasteiger partial charge >= 0.3 is 6.09 Å². The van der Waals surface area contributed by atoms with Gasteiger partial charge in [0.1, 0.15) is 22.8 Å². The van der Waals surface area contributed by atoms with E-state index in [0.29, 0.717) is 43.6 Å². The molecule has 0 saturated carbocycles. The molecule has 0 bridgehead atoms. The zero-order valence-corrected chi connectivity index (χ0v) is 19.9. The third-order valence-corrected chi connectivity index (χ3v) is 5.20. The molecule has 9 nitrogen and oxygen atoms in total. The number of ether oxygens (including phenoxy) is 3. The number of carbonyl (C=O) groups excluding carboxylic acids is 1. The van der Waals surface area contributed by atoms with Crippen molar-refractivity contribution in [3.63, 3.8) is 0 Å². The number of benzene rings is 1. The SMILES string of the molecule is COc1ccc(Oc2nc(-c3cccnc3)ncc2N2CCN(C(=O)OC(C)(C)C)CC2)cc1. The molecule has 1 amide bonds. The van der Waals surface area contributed by atoms with Gasteiger partial charge in [-0.25, -0.2) is 9.78 Å². The molecule has 1 aromatic carbocycles. The average molecular weight is 464 g/mol. The number of hydrogen-bond acceptors (Lipinski definition) is 8. The largest absolute Gasteiger partial charge is 0.497 e. The van der Waals surface area contributed by atoms with E-state index in [9.17, 15) is 4.79 Å². The summed E-state index contributed by atoms with van der Waals surface area (Å²) < 4.78 is 16.9. The highest BCUT2D eigenvalue weighted by molar-refractivity contribution is 5.69. The lowest BCUT2D eigenvalue weighted by Gasteiger charge is -2.36. The predicted octanol–water partition coefficient (Wildman–Crippen LogP) is 4.40. The Balaban J connectivity index is 1.57. The summed E-state index contributed by atoms with van der Waals surface area (Å²) in [7, 11) is 1.62. The van der Waals surface area contributed by atoms with Crippen LogP contribution in [0.5, 0.6) is 17.4 Å². The summed E-state index contributed by atoms with van der Waals surface area (Å²) in [5.74, 6) is 2.33. The molecule has 3 heterocycles. The number of rotatable bonds is 5. The zero-order valence-electron chi connectivity index (χ0n) is 19.9. The lowest BCUT2D eigenvalue weighted by Crippen LogP contribution is -2.50. The Morgan fingerprint density at radius 2 is 1.68 bits per heavy atom. The van der Waals surface area contributed by atoms with Crippen LogP contribution in [0.1, 0.15) is 20.8 Å². The summed E-state index contributed by atoms with van der Waals surface area (Å²) >= 11 is 0. The van der Waals surface area contributed by atoms with Gasteiger partial charge in [-0.3, -0.25) is 4.98 Å². The zero-order chi connectivity index (χ0) is 24.1. The van der Waals surface area contributed by atoms with Crippen LogP contribution in [0.2, 0.25) is 0 Å². The van der Waals surface area contributed by atoms with Gasteiger partial charge < -0.3 is 24.0 Å². The van der Waals surface area contributed by atoms with Crippen molar-refractivity contribution in [2.24, 2.45) is 0 Å². The second-order valence-corrected chi connectivity index (χ2v) is 8.86. The Hall–Kier alpha value is -3.88. The minimum atomic E-state index is -0.524. The minimum Gasteiger partial charge on any atom is -0.497 e. The Labute approximate surface area is 199 Å². The van der Waals surface area contributed by atoms with Crippen LogP contribution in [0.3, 0.4) is 0 Å². The van der Waals surface area contributed by atoms with Gasteiger partial charge in [0.05, 0.1) is 13.3 Å². The normalized spacial score (nSPS) is 14.0. The van der Waals surface area contributed by atoms with Crippen LogP contribution in [0.4, 0.5) is 10.5 Å². The van der Waals surface area contributed by atoms with Crippen molar-refractivity contribution in [2.45, 2.75) is 26.4 Å². The molecule has 1 aliphatic rings. The van der Waals surface area contributed by atoms with Crippen LogP contribution in [0, 0.1) is 0 Å². The van der Waals surface area contributed by atoms with E-state index in [1.807, 2.05) is 57.2 Å². The van der Waals surface area contributed by atoms with Crippen molar-refractivity contribution in [3.05, 3.63) is 55.0 Å². The Morgan fingerprint density at radius 1 is 0.971 bits per heavy atom. The van der Waals surface area contributed by atoms with Crippen molar-refractivity contribution in [1.29, 1.82) is 0 Å². The van der Waals surface area contributed by atoms with E-state index >= 15 is 0 Å². The molecular weight excluding hydrogens is 434 g/mol. The molecular formula is C25H29N5O4. The van der Waals surface area contributed by atoms with Gasteiger partial charge in [-0.1, -0.05) is 0 Å². The molecule has 0 unspecified atom stereocenters. The van der Waals surface area contributed by atoms with E-state index in [4.69, 9.17) is 19.2 Å². The molecule has 1 saturated heterocycles. The molecule has 0 spiro atoms. The fourth-order valence-corrected chi connectivity index (χ4v) is 3.50. The second kappa shape index (κ2) is 9.94. The van der Waals surface area contributed by atoms with Crippen LogP contribution >= 0.6 is 0 Å². The quantitative estimate of drug-likeness (QED) is 0.550. The van der Waals surface area contributed by atoms with Gasteiger partial charge in [-0.05, 0) is 57.2 Å². The van der Waals surface area contributed by atoms with Crippen molar-refractivity contribution < 1.29 is 19.0 Å². The summed E-state index contributed by atoms with van der Waals surface area (Å²) in [6.45, 7) is 7.87. The minimum absolute atomic E-state index is 0.301. The van der Waals surface area contributed by atoms with Gasteiger partial charge in [0, 0.05) is 44.1 Å². The number of nitrogens with zero attached hydrogens (tertiary/aromatic N) is 5. The average Bonchev–Trinajstić information content (AvgIpc) is 2.84. The number of hydrogen-bond donors (Lipinski definition) is 0. The maximum atomic E-state index is 12.4. The fraction of sp³-hybridized carbons (Fsp3) is 0.360. The van der Waals surface area contributed by atoms with Crippen LogP contribution in [0.25, 0.3) is 11.4 Å². The van der Waals surface area contributed by atoms with Gasteiger partial charge in [0.15, 0.2) is 5.82 Å². The second-order valence-electron chi connectivity index (χ2n) is 8.86. The highest BCUT2D eigenvalue weighted by atomic mass is 16.6. The number of aromatic nitrogens is 3. The predicted molar refractivity (Wildman–Crippen MR) is 128 cm³/mol. The standard InChI is InChI=1S/C25H29N5O4/c1-25(2,3)34-24(31)30-14-12-29(13-15-30)21-17-27-22(18-6-5-11-26-16-18)28-23(21)33-20-9-7-19(32-4)8-10-20/h5-11,16-17H,12-15H2,1-4H3. The van der Waals surface area contributed by atoms with Gasteiger partial charge in [0.2, 0.25) is 5.88 Å². The third kappa shape index (κ3) is 5.72. The summed E-state index contributed by atoms with van der Waals surface area (Å²) in [5, 5.41) is 0. The Bertz CT molecular complexity index is 1110. The molecule has 0 radical (unpaired) electrons. The van der Waals surface area contributed by atoms with E-state index in [1.165, 1.54) is 0 Å². The molecule has 0 atom stereocenters. The number of amides is 1. The maximum Gasteiger partial charge on any atom is 0.410 e. The van der Waals surface area contributed by atoms with Crippen molar-refractivity contribution in [1.82, 2.24) is 19.9 Å². The number of carbonyl (C=O) groups is 1. The third-order valence-electron chi connectivity index (χ3n) is 5.20. The number of anilines is 1. The molecule has 3 aromatic rings. The van der Waals surface area contributed by atoms with E-state index in [1.54, 1.807) is 30.6 Å². The van der Waals surface area contributed by atoms with E-state index in [-0.39, 0.29) is 6.09 Å². The Kier molecular flexibility index (Phi) is 6.81. The van der Waals surface area contributed by atoms with Crippen molar-refractivity contribution in [3.8, 4) is 28.8 Å². The van der Waals surface area contributed by atoms with Gasteiger partial charge in [-0.2, -0.15) is 4.98 Å². The number of pyridine rings is 1. The Morgan fingerprint density at radius 3 is 2.29 bits per heavy atom. The summed E-state index contributed by atoms with van der Waals surface area (Å²) in [4.78, 5) is 29.7. The van der Waals surface area contributed by atoms with Gasteiger partial charge in [0.25, 0.3) is 0 Å². The fourth-order valence-electron chi connectivity index (χ4n) is 3.50. The molecule has 9 heteroatoms. The van der Waals surface area contributed by atoms with Crippen molar-refractivity contribution >= 4 is 11.8 Å². The van der Waals surface area contributed by atoms with E-state index in [2.05, 4.69) is 14.9 Å². The highest BCUT2D eigenvalue weighted by Gasteiger charge is 2.28. The molecule has 1 fully saturated rings. The van der Waals surface area contributed by atoms with Crippen LogP contribution < -0.4 is 14.4 Å². The van der Waals surface area contributed by atoms with E-state index in [0.717, 1.165) is 17.0 Å². The van der Waals surface area contributed by atoms with Crippen molar-refractivity contribution in [2.75, 3.05) is 38.2 Å². The summed E-state index contributed by atoms with van der Waals surface area (Å²) in [6.07, 6.45) is 4.88. The first kappa shape index (κ1) is 23.3. The maximum absolute atomic E-state index is 12.4. The smallest absolute Gasteiger partial charge is 0.410 e. The first-order valence-corrected chi connectivity index (χ1v) is 11.1. The lowest BCUT2D eigenvalue weighted by molar-refractivity contribution is 0.0240. The number of piperazine rings is 1. The lowest BCUT2D eigenvalue weighted by atomic mass is 10.2. The molecule has 0 aliphatic carbocycles. The summed E-state index contributed by atoms with van der Waals surface area (Å²) in [5.41, 5.74) is 1.03. The molecule has 1 aliphatic heterocycles. The van der Waals surface area contributed by atoms with Crippen LogP contribution in [-0.2, 0) is 4.74 Å². The van der Waals surface area contributed by atoms with Crippen LogP contribution in [0.15, 0.2) is 55.0 Å². The number of methoxy groups -OCH3 is 1. The van der Waals surface area contributed by atoms with Crippen LogP contribution in [-0.4, -0.2) is 64.8 Å². The monoisotopic (exact) mass is 463 g/mol. The molecule has 2 aromatic heterocycles. The topological polar surface area (TPSA) is 89.9 Å². The molecule has 0 N–H and O–H groups in total. The highest BCUT2D eigenvalue weighted by Crippen LogP contribution is 2.33. The van der Waals surface area contributed by atoms with E-state index < -0.39 is 5.60 Å². The molecule has 178 valence electrons. The first-order chi connectivity index (χ1) is 16.3. The molecule has 34 heavy (non-hydrogen) atoms. The first-order valence-electron chi connectivity index (χ1n) is 11.1. The summed E-state index contributed by atoms with van der Waals surface area (Å²) in [6, 6.07) is 11.1.